The molecule has 0 aliphatic heterocycles. The summed E-state index contributed by atoms with van der Waals surface area (Å²) in [6.45, 7) is 0. The zero-order chi connectivity index (χ0) is 9.84. The Morgan fingerprint density at radius 1 is 1.69 bits per heavy atom. The van der Waals surface area contributed by atoms with E-state index in [4.69, 9.17) is 4.74 Å². The van der Waals surface area contributed by atoms with Crippen LogP contribution in [0.15, 0.2) is 6.20 Å². The molecule has 6 nitrogen and oxygen atoms in total. The van der Waals surface area contributed by atoms with E-state index in [1.165, 1.54) is 14.2 Å². The zero-order valence-corrected chi connectivity index (χ0v) is 7.79. The van der Waals surface area contributed by atoms with Gasteiger partial charge in [-0.2, -0.15) is 0 Å². The topological polar surface area (TPSA) is 68.2 Å². The van der Waals surface area contributed by atoms with Gasteiger partial charge in [0.15, 0.2) is 0 Å². The molecule has 0 saturated heterocycles. The van der Waals surface area contributed by atoms with Crippen molar-refractivity contribution < 1.29 is 9.53 Å². The van der Waals surface area contributed by atoms with Crippen LogP contribution >= 0.6 is 0 Å². The molecule has 0 aliphatic rings. The number of anilines is 1. The Labute approximate surface area is 75.9 Å². The van der Waals surface area contributed by atoms with Gasteiger partial charge >= 0.3 is 6.03 Å². The van der Waals surface area contributed by atoms with Gasteiger partial charge in [-0.05, 0) is 0 Å². The maximum Gasteiger partial charge on any atom is 0.319 e. The largest absolute Gasteiger partial charge is 0.478 e. The van der Waals surface area contributed by atoms with Gasteiger partial charge in [0.25, 0.3) is 5.88 Å². The third-order valence-corrected chi connectivity index (χ3v) is 1.46. The highest BCUT2D eigenvalue weighted by molar-refractivity contribution is 5.90. The summed E-state index contributed by atoms with van der Waals surface area (Å²) in [7, 11) is 4.78. The maximum atomic E-state index is 10.9. The quantitative estimate of drug-likeness (QED) is 0.689. The number of aryl methyl sites for hydroxylation is 1. The minimum atomic E-state index is -0.300. The van der Waals surface area contributed by atoms with E-state index in [-0.39, 0.29) is 6.03 Å². The number of nitrogens with zero attached hydrogens (tertiary/aromatic N) is 2. The molecule has 72 valence electrons. The predicted octanol–water partition coefficient (Wildman–Crippen LogP) is 0.180. The van der Waals surface area contributed by atoms with Crippen LogP contribution in [-0.4, -0.2) is 30.0 Å². The Morgan fingerprint density at radius 3 is 2.92 bits per heavy atom. The van der Waals surface area contributed by atoms with Crippen molar-refractivity contribution >= 4 is 11.7 Å². The fraction of sp³-hybridized carbons (Fsp3) is 0.429. The summed E-state index contributed by atoms with van der Waals surface area (Å²) in [5.74, 6) is 0.395. The second-order valence-corrected chi connectivity index (χ2v) is 2.43. The number of ether oxygens (including phenoxy) is 1. The molecular formula is C7H12N4O2. The molecule has 0 aromatic carbocycles. The standard InChI is InChI=1S/C7H12N4O2/c1-8-7(12)9-5-4-11(2)10-6(5)13-3/h4H,1-3H3,(H2,8,9,12). The Kier molecular flexibility index (Phi) is 2.73. The van der Waals surface area contributed by atoms with Crippen molar-refractivity contribution in [2.45, 2.75) is 0 Å². The Bertz CT molecular complexity index is 307. The molecule has 1 aromatic heterocycles. The molecule has 0 unspecified atom stereocenters. The summed E-state index contributed by atoms with van der Waals surface area (Å²) in [6.07, 6.45) is 1.66. The van der Waals surface area contributed by atoms with Crippen molar-refractivity contribution in [1.29, 1.82) is 0 Å². The van der Waals surface area contributed by atoms with Crippen LogP contribution < -0.4 is 15.4 Å². The number of methoxy groups -OCH3 is 1. The van der Waals surface area contributed by atoms with Gasteiger partial charge in [-0.1, -0.05) is 0 Å². The number of amides is 2. The number of hydrogen-bond acceptors (Lipinski definition) is 3. The lowest BCUT2D eigenvalue weighted by Crippen LogP contribution is -2.24. The Hall–Kier alpha value is -1.72. The number of rotatable bonds is 2. The molecule has 6 heteroatoms. The molecule has 2 amide bonds. The average molecular weight is 184 g/mol. The number of nitrogens with one attached hydrogen (secondary N) is 2. The monoisotopic (exact) mass is 184 g/mol. The number of urea groups is 1. The summed E-state index contributed by atoms with van der Waals surface area (Å²) in [6, 6.07) is -0.300. The fourth-order valence-corrected chi connectivity index (χ4v) is 0.889. The van der Waals surface area contributed by atoms with E-state index in [1.54, 1.807) is 17.9 Å². The van der Waals surface area contributed by atoms with Gasteiger partial charge in [-0.3, -0.25) is 4.68 Å². The molecule has 0 saturated carbocycles. The summed E-state index contributed by atoms with van der Waals surface area (Å²) in [5, 5.41) is 8.97. The molecule has 0 spiro atoms. The van der Waals surface area contributed by atoms with Crippen LogP contribution in [0.5, 0.6) is 5.88 Å². The summed E-state index contributed by atoms with van der Waals surface area (Å²) in [4.78, 5) is 10.9. The maximum absolute atomic E-state index is 10.9. The summed E-state index contributed by atoms with van der Waals surface area (Å²) in [5.41, 5.74) is 0.546. The van der Waals surface area contributed by atoms with Crippen LogP contribution in [0.1, 0.15) is 0 Å². The highest BCUT2D eigenvalue weighted by atomic mass is 16.5. The van der Waals surface area contributed by atoms with Crippen molar-refractivity contribution in [3.8, 4) is 5.88 Å². The normalized spacial score (nSPS) is 9.46. The van der Waals surface area contributed by atoms with Crippen molar-refractivity contribution in [2.24, 2.45) is 7.05 Å². The summed E-state index contributed by atoms with van der Waals surface area (Å²) < 4.78 is 6.50. The molecule has 0 aliphatic carbocycles. The van der Waals surface area contributed by atoms with E-state index in [0.29, 0.717) is 11.6 Å². The molecule has 1 rings (SSSR count). The van der Waals surface area contributed by atoms with E-state index >= 15 is 0 Å². The number of hydrogen-bond donors (Lipinski definition) is 2. The minimum absolute atomic E-state index is 0.300. The zero-order valence-electron chi connectivity index (χ0n) is 7.79. The minimum Gasteiger partial charge on any atom is -0.478 e. The first-order valence-corrected chi connectivity index (χ1v) is 3.73. The molecule has 2 N–H and O–H groups in total. The van der Waals surface area contributed by atoms with Crippen LogP contribution in [0.2, 0.25) is 0 Å². The van der Waals surface area contributed by atoms with Gasteiger partial charge in [-0.15, -0.1) is 5.10 Å². The smallest absolute Gasteiger partial charge is 0.319 e. The Balaban J connectivity index is 2.80. The van der Waals surface area contributed by atoms with Gasteiger partial charge in [0.1, 0.15) is 5.69 Å². The molecule has 0 bridgehead atoms. The molecule has 0 radical (unpaired) electrons. The molecule has 13 heavy (non-hydrogen) atoms. The average Bonchev–Trinajstić information content (AvgIpc) is 2.46. The van der Waals surface area contributed by atoms with E-state index in [2.05, 4.69) is 15.7 Å². The SMILES string of the molecule is CNC(=O)Nc1cn(C)nc1OC. The molecule has 1 aromatic rings. The van der Waals surface area contributed by atoms with Crippen LogP contribution in [0.25, 0.3) is 0 Å². The molecule has 0 fully saturated rings. The lowest BCUT2D eigenvalue weighted by molar-refractivity contribution is 0.254. The lowest BCUT2D eigenvalue weighted by Gasteiger charge is -2.01. The highest BCUT2D eigenvalue weighted by Gasteiger charge is 2.09. The van der Waals surface area contributed by atoms with Crippen LogP contribution in [0.3, 0.4) is 0 Å². The Morgan fingerprint density at radius 2 is 2.38 bits per heavy atom. The first-order chi connectivity index (χ1) is 6.17. The molecular weight excluding hydrogens is 172 g/mol. The number of aromatic nitrogens is 2. The van der Waals surface area contributed by atoms with Crippen molar-refractivity contribution in [3.63, 3.8) is 0 Å². The van der Waals surface area contributed by atoms with Crippen molar-refractivity contribution in [3.05, 3.63) is 6.20 Å². The lowest BCUT2D eigenvalue weighted by atomic mass is 10.5. The second kappa shape index (κ2) is 3.79. The number of carbonyl (C=O) groups excluding carboxylic acids is 1. The van der Waals surface area contributed by atoms with Gasteiger partial charge in [0.2, 0.25) is 0 Å². The van der Waals surface area contributed by atoms with Crippen molar-refractivity contribution in [1.82, 2.24) is 15.1 Å². The summed E-state index contributed by atoms with van der Waals surface area (Å²) >= 11 is 0. The van der Waals surface area contributed by atoms with E-state index in [1.807, 2.05) is 0 Å². The van der Waals surface area contributed by atoms with Gasteiger partial charge < -0.3 is 15.4 Å². The predicted molar refractivity (Wildman–Crippen MR) is 47.8 cm³/mol. The molecule has 1 heterocycles. The third kappa shape index (κ3) is 2.11. The van der Waals surface area contributed by atoms with Crippen LogP contribution in [0.4, 0.5) is 10.5 Å². The van der Waals surface area contributed by atoms with E-state index < -0.39 is 0 Å². The molecule has 0 atom stereocenters. The highest BCUT2D eigenvalue weighted by Crippen LogP contribution is 2.20. The second-order valence-electron chi connectivity index (χ2n) is 2.43. The van der Waals surface area contributed by atoms with E-state index in [0.717, 1.165) is 0 Å². The van der Waals surface area contributed by atoms with E-state index in [9.17, 15) is 4.79 Å². The van der Waals surface area contributed by atoms with Crippen LogP contribution in [-0.2, 0) is 7.05 Å². The van der Waals surface area contributed by atoms with Crippen LogP contribution in [0, 0.1) is 0 Å². The first kappa shape index (κ1) is 9.37. The fourth-order valence-electron chi connectivity index (χ4n) is 0.889. The third-order valence-electron chi connectivity index (χ3n) is 1.46. The van der Waals surface area contributed by atoms with Gasteiger partial charge in [0, 0.05) is 14.1 Å². The van der Waals surface area contributed by atoms with Crippen molar-refractivity contribution in [2.75, 3.05) is 19.5 Å². The van der Waals surface area contributed by atoms with Gasteiger partial charge in [0.05, 0.1) is 13.3 Å². The van der Waals surface area contributed by atoms with Gasteiger partial charge in [-0.25, -0.2) is 4.79 Å². The number of carbonyl (C=O) groups is 1. The first-order valence-electron chi connectivity index (χ1n) is 3.73.